The van der Waals surface area contributed by atoms with Crippen LogP contribution in [0.3, 0.4) is 0 Å². The Labute approximate surface area is 188 Å². The minimum Gasteiger partial charge on any atom is -0.358 e. The minimum atomic E-state index is -0.582. The minimum absolute atomic E-state index is 0.0149. The van der Waals surface area contributed by atoms with Crippen molar-refractivity contribution in [2.75, 3.05) is 13.6 Å². The van der Waals surface area contributed by atoms with Gasteiger partial charge >= 0.3 is 0 Å². The predicted octanol–water partition coefficient (Wildman–Crippen LogP) is 5.58. The molecule has 6 heteroatoms. The molecular formula is C24H28Cl2N2O2. The van der Waals surface area contributed by atoms with E-state index in [0.717, 1.165) is 17.5 Å². The molecule has 0 aromatic heterocycles. The van der Waals surface area contributed by atoms with Crippen molar-refractivity contribution in [2.24, 2.45) is 0 Å². The summed E-state index contributed by atoms with van der Waals surface area (Å²) in [5.74, 6) is -0.0183. The number of nitrogens with one attached hydrogen (secondary N) is 1. The third kappa shape index (κ3) is 4.89. The number of nitrogens with zero attached hydrogens (tertiary/aromatic N) is 1. The SMILES string of the molecule is C=CCC1OC(c2cccc(Cl)c2)C(c2ccc(Cl)cc2)N(C(CC)CNC)C1=O. The fraction of sp³-hybridized carbons (Fsp3) is 0.375. The number of morpholine rings is 1. The van der Waals surface area contributed by atoms with E-state index in [0.29, 0.717) is 23.0 Å². The summed E-state index contributed by atoms with van der Waals surface area (Å²) in [6, 6.07) is 15.0. The standard InChI is InChI=1S/C24H28Cl2N2O2/c1-4-7-21-24(29)28(20(5-2)15-27-3)22(16-10-12-18(25)13-11-16)23(30-21)17-8-6-9-19(26)14-17/h4,6,8-14,20-23,27H,1,5,7,15H2,2-3H3. The summed E-state index contributed by atoms with van der Waals surface area (Å²) in [6.45, 7) is 6.60. The average molecular weight is 447 g/mol. The van der Waals surface area contributed by atoms with Gasteiger partial charge in [-0.15, -0.1) is 6.58 Å². The fourth-order valence-electron chi connectivity index (χ4n) is 4.09. The van der Waals surface area contributed by atoms with Crippen LogP contribution in [0, 0.1) is 0 Å². The summed E-state index contributed by atoms with van der Waals surface area (Å²) in [5, 5.41) is 4.52. The van der Waals surface area contributed by atoms with Gasteiger partial charge in [-0.25, -0.2) is 0 Å². The fourth-order valence-corrected chi connectivity index (χ4v) is 4.41. The molecule has 4 nitrogen and oxygen atoms in total. The predicted molar refractivity (Wildman–Crippen MR) is 123 cm³/mol. The lowest BCUT2D eigenvalue weighted by Gasteiger charge is -2.48. The Hall–Kier alpha value is -1.85. The highest BCUT2D eigenvalue weighted by molar-refractivity contribution is 6.30. The van der Waals surface area contributed by atoms with Crippen molar-refractivity contribution >= 4 is 29.1 Å². The van der Waals surface area contributed by atoms with Gasteiger partial charge in [-0.3, -0.25) is 4.79 Å². The highest BCUT2D eigenvalue weighted by Crippen LogP contribution is 2.44. The molecule has 1 amide bonds. The zero-order valence-corrected chi connectivity index (χ0v) is 18.9. The number of carbonyl (C=O) groups excluding carboxylic acids is 1. The molecule has 1 aliphatic rings. The highest BCUT2D eigenvalue weighted by Gasteiger charge is 2.45. The second kappa shape index (κ2) is 10.5. The van der Waals surface area contributed by atoms with Gasteiger partial charge in [0.15, 0.2) is 0 Å². The number of ether oxygens (including phenoxy) is 1. The number of carbonyl (C=O) groups is 1. The molecule has 1 fully saturated rings. The molecular weight excluding hydrogens is 419 g/mol. The Balaban J connectivity index is 2.16. The van der Waals surface area contributed by atoms with Crippen LogP contribution in [0.25, 0.3) is 0 Å². The first-order chi connectivity index (χ1) is 14.5. The van der Waals surface area contributed by atoms with Crippen LogP contribution in [0.1, 0.15) is 43.0 Å². The van der Waals surface area contributed by atoms with Crippen LogP contribution in [0.4, 0.5) is 0 Å². The van der Waals surface area contributed by atoms with E-state index in [1.807, 2.05) is 60.5 Å². The molecule has 160 valence electrons. The van der Waals surface area contributed by atoms with Crippen LogP contribution in [0.2, 0.25) is 10.0 Å². The van der Waals surface area contributed by atoms with Crippen molar-refractivity contribution in [3.8, 4) is 0 Å². The summed E-state index contributed by atoms with van der Waals surface area (Å²) >= 11 is 12.4. The Kier molecular flexibility index (Phi) is 7.95. The van der Waals surface area contributed by atoms with E-state index >= 15 is 0 Å². The van der Waals surface area contributed by atoms with E-state index in [2.05, 4.69) is 18.8 Å². The molecule has 2 aromatic rings. The number of benzene rings is 2. The molecule has 1 saturated heterocycles. The van der Waals surface area contributed by atoms with Crippen molar-refractivity contribution in [3.63, 3.8) is 0 Å². The molecule has 0 aliphatic carbocycles. The maximum atomic E-state index is 13.6. The first kappa shape index (κ1) is 22.8. The Morgan fingerprint density at radius 1 is 1.17 bits per heavy atom. The van der Waals surface area contributed by atoms with E-state index in [9.17, 15) is 4.79 Å². The van der Waals surface area contributed by atoms with Crippen LogP contribution >= 0.6 is 23.2 Å². The van der Waals surface area contributed by atoms with Gasteiger partial charge in [0.1, 0.15) is 12.2 Å². The zero-order valence-electron chi connectivity index (χ0n) is 17.4. The molecule has 4 unspecified atom stereocenters. The number of halogens is 2. The molecule has 1 N–H and O–H groups in total. The maximum absolute atomic E-state index is 13.6. The van der Waals surface area contributed by atoms with E-state index in [1.165, 1.54) is 0 Å². The molecule has 3 rings (SSSR count). The third-order valence-electron chi connectivity index (χ3n) is 5.50. The van der Waals surface area contributed by atoms with E-state index in [1.54, 1.807) is 6.08 Å². The number of likely N-dealkylation sites (N-methyl/N-ethyl adjacent to an activating group) is 1. The number of hydrogen-bond donors (Lipinski definition) is 1. The van der Waals surface area contributed by atoms with E-state index in [-0.39, 0.29) is 24.1 Å². The van der Waals surface area contributed by atoms with Gasteiger partial charge in [0.05, 0.1) is 6.04 Å². The maximum Gasteiger partial charge on any atom is 0.252 e. The zero-order chi connectivity index (χ0) is 21.7. The molecule has 4 atom stereocenters. The van der Waals surface area contributed by atoms with Crippen molar-refractivity contribution in [2.45, 2.75) is 44.1 Å². The number of hydrogen-bond acceptors (Lipinski definition) is 3. The Morgan fingerprint density at radius 2 is 1.90 bits per heavy atom. The quantitative estimate of drug-likeness (QED) is 0.538. The topological polar surface area (TPSA) is 41.6 Å². The van der Waals surface area contributed by atoms with Gasteiger partial charge in [0.25, 0.3) is 5.91 Å². The summed E-state index contributed by atoms with van der Waals surface area (Å²) in [6.07, 6.45) is 2.06. The van der Waals surface area contributed by atoms with Gasteiger partial charge in [0, 0.05) is 29.1 Å². The van der Waals surface area contributed by atoms with Crippen LogP contribution in [-0.2, 0) is 9.53 Å². The smallest absolute Gasteiger partial charge is 0.252 e. The van der Waals surface area contributed by atoms with Crippen molar-refractivity contribution in [1.82, 2.24) is 10.2 Å². The molecule has 0 spiro atoms. The van der Waals surface area contributed by atoms with Crippen molar-refractivity contribution in [1.29, 1.82) is 0 Å². The summed E-state index contributed by atoms with van der Waals surface area (Å²) < 4.78 is 6.41. The highest BCUT2D eigenvalue weighted by atomic mass is 35.5. The lowest BCUT2D eigenvalue weighted by Crippen LogP contribution is -2.56. The first-order valence-electron chi connectivity index (χ1n) is 10.2. The van der Waals surface area contributed by atoms with Crippen LogP contribution in [-0.4, -0.2) is 36.5 Å². The molecule has 30 heavy (non-hydrogen) atoms. The van der Waals surface area contributed by atoms with Gasteiger partial charge < -0.3 is 15.0 Å². The van der Waals surface area contributed by atoms with Crippen LogP contribution in [0.15, 0.2) is 61.2 Å². The largest absolute Gasteiger partial charge is 0.358 e. The van der Waals surface area contributed by atoms with Gasteiger partial charge in [-0.2, -0.15) is 0 Å². The van der Waals surface area contributed by atoms with Crippen molar-refractivity contribution < 1.29 is 9.53 Å². The van der Waals surface area contributed by atoms with E-state index < -0.39 is 6.10 Å². The average Bonchev–Trinajstić information content (AvgIpc) is 2.74. The molecule has 1 heterocycles. The lowest BCUT2D eigenvalue weighted by molar-refractivity contribution is -0.178. The van der Waals surface area contributed by atoms with Crippen LogP contribution in [0.5, 0.6) is 0 Å². The van der Waals surface area contributed by atoms with Crippen molar-refractivity contribution in [3.05, 3.63) is 82.4 Å². The number of rotatable bonds is 8. The summed E-state index contributed by atoms with van der Waals surface area (Å²) in [7, 11) is 1.90. The molecule has 0 saturated carbocycles. The summed E-state index contributed by atoms with van der Waals surface area (Å²) in [5.41, 5.74) is 1.91. The second-order valence-corrected chi connectivity index (χ2v) is 8.36. The monoisotopic (exact) mass is 446 g/mol. The molecule has 0 radical (unpaired) electrons. The third-order valence-corrected chi connectivity index (χ3v) is 5.99. The first-order valence-corrected chi connectivity index (χ1v) is 11.0. The van der Waals surface area contributed by atoms with Crippen LogP contribution < -0.4 is 5.32 Å². The van der Waals surface area contributed by atoms with Gasteiger partial charge in [-0.05, 0) is 48.9 Å². The Morgan fingerprint density at radius 3 is 2.50 bits per heavy atom. The number of amides is 1. The lowest BCUT2D eigenvalue weighted by atomic mass is 9.89. The molecule has 1 aliphatic heterocycles. The van der Waals surface area contributed by atoms with E-state index in [4.69, 9.17) is 27.9 Å². The normalized spacial score (nSPS) is 22.7. The second-order valence-electron chi connectivity index (χ2n) is 7.49. The molecule has 0 bridgehead atoms. The van der Waals surface area contributed by atoms with Gasteiger partial charge in [0.2, 0.25) is 0 Å². The Bertz CT molecular complexity index is 872. The summed E-state index contributed by atoms with van der Waals surface area (Å²) in [4.78, 5) is 15.5. The molecule has 2 aromatic carbocycles. The van der Waals surface area contributed by atoms with Gasteiger partial charge in [-0.1, -0.05) is 60.5 Å².